The van der Waals surface area contributed by atoms with E-state index in [4.69, 9.17) is 9.47 Å². The van der Waals surface area contributed by atoms with Gasteiger partial charge in [0.1, 0.15) is 18.1 Å². The predicted octanol–water partition coefficient (Wildman–Crippen LogP) is 1.88. The maximum Gasteiger partial charge on any atom is 0.191 e. The number of methoxy groups -OCH3 is 1. The summed E-state index contributed by atoms with van der Waals surface area (Å²) in [6, 6.07) is 7.52. The third-order valence-corrected chi connectivity index (χ3v) is 2.29. The van der Waals surface area contributed by atoms with Crippen LogP contribution in [0.2, 0.25) is 0 Å². The van der Waals surface area contributed by atoms with Crippen LogP contribution in [0.3, 0.4) is 0 Å². The molecule has 0 amide bonds. The summed E-state index contributed by atoms with van der Waals surface area (Å²) in [6.07, 6.45) is 0. The molecule has 108 valence electrons. The highest BCUT2D eigenvalue weighted by Gasteiger charge is 1.96. The molecule has 1 aromatic carbocycles. The number of rotatable bonds is 6. The van der Waals surface area contributed by atoms with E-state index in [0.29, 0.717) is 13.2 Å². The van der Waals surface area contributed by atoms with Crippen molar-refractivity contribution >= 4 is 29.9 Å². The Labute approximate surface area is 131 Å². The van der Waals surface area contributed by atoms with Crippen LogP contribution in [-0.4, -0.2) is 39.8 Å². The third kappa shape index (κ3) is 7.09. The molecule has 0 heterocycles. The molecule has 0 aromatic heterocycles. The van der Waals surface area contributed by atoms with Crippen molar-refractivity contribution in [2.45, 2.75) is 6.92 Å². The number of guanidine groups is 1. The molecule has 1 rings (SSSR count). The molecule has 1 aromatic rings. The van der Waals surface area contributed by atoms with Crippen LogP contribution in [0.5, 0.6) is 11.5 Å². The Morgan fingerprint density at radius 1 is 1.16 bits per heavy atom. The third-order valence-electron chi connectivity index (χ3n) is 2.29. The average Bonchev–Trinajstić information content (AvgIpc) is 2.43. The Hall–Kier alpha value is -1.18. The Morgan fingerprint density at radius 3 is 2.32 bits per heavy atom. The molecule has 0 unspecified atom stereocenters. The molecule has 0 aliphatic heterocycles. The molecule has 0 aliphatic carbocycles. The van der Waals surface area contributed by atoms with Gasteiger partial charge in [-0.25, -0.2) is 0 Å². The predicted molar refractivity (Wildman–Crippen MR) is 88.9 cm³/mol. The van der Waals surface area contributed by atoms with Gasteiger partial charge in [0.25, 0.3) is 0 Å². The second-order valence-corrected chi connectivity index (χ2v) is 3.55. The van der Waals surface area contributed by atoms with Crippen molar-refractivity contribution in [1.82, 2.24) is 10.6 Å². The number of aliphatic imine (C=N–C) groups is 1. The van der Waals surface area contributed by atoms with Crippen molar-refractivity contribution in [2.24, 2.45) is 4.99 Å². The maximum atomic E-state index is 5.58. The summed E-state index contributed by atoms with van der Waals surface area (Å²) in [6.45, 7) is 4.15. The zero-order chi connectivity index (χ0) is 13.2. The van der Waals surface area contributed by atoms with Crippen molar-refractivity contribution in [2.75, 3.05) is 33.9 Å². The van der Waals surface area contributed by atoms with E-state index in [9.17, 15) is 0 Å². The summed E-state index contributed by atoms with van der Waals surface area (Å²) in [7, 11) is 3.39. The molecule has 2 N–H and O–H groups in total. The van der Waals surface area contributed by atoms with Gasteiger partial charge < -0.3 is 20.1 Å². The molecule has 0 saturated carbocycles. The molecule has 19 heavy (non-hydrogen) atoms. The fourth-order valence-electron chi connectivity index (χ4n) is 1.40. The highest BCUT2D eigenvalue weighted by Crippen LogP contribution is 2.16. The molecule has 0 aliphatic rings. The van der Waals surface area contributed by atoms with E-state index in [1.165, 1.54) is 0 Å². The highest BCUT2D eigenvalue weighted by molar-refractivity contribution is 14.0. The topological polar surface area (TPSA) is 54.9 Å². The number of hydrogen-bond acceptors (Lipinski definition) is 3. The van der Waals surface area contributed by atoms with Crippen LogP contribution < -0.4 is 20.1 Å². The normalized spacial score (nSPS) is 10.4. The summed E-state index contributed by atoms with van der Waals surface area (Å²) < 4.78 is 10.7. The molecule has 0 radical (unpaired) electrons. The number of benzene rings is 1. The second kappa shape index (κ2) is 10.7. The fourth-order valence-corrected chi connectivity index (χ4v) is 1.40. The van der Waals surface area contributed by atoms with E-state index in [2.05, 4.69) is 15.6 Å². The molecule has 0 spiro atoms. The van der Waals surface area contributed by atoms with Crippen LogP contribution in [0.15, 0.2) is 29.3 Å². The summed E-state index contributed by atoms with van der Waals surface area (Å²) in [5.74, 6) is 2.44. The molecule has 0 saturated heterocycles. The lowest BCUT2D eigenvalue weighted by Crippen LogP contribution is -2.39. The Morgan fingerprint density at radius 2 is 1.79 bits per heavy atom. The number of hydrogen-bond donors (Lipinski definition) is 2. The molecular weight excluding hydrogens is 357 g/mol. The van der Waals surface area contributed by atoms with Gasteiger partial charge in [0.05, 0.1) is 13.7 Å². The van der Waals surface area contributed by atoms with Gasteiger partial charge in [0.2, 0.25) is 0 Å². The SMILES string of the molecule is CCNC(=NC)NCCOc1ccc(OC)cc1.I. The molecule has 0 atom stereocenters. The minimum atomic E-state index is 0. The lowest BCUT2D eigenvalue weighted by molar-refractivity contribution is 0.321. The largest absolute Gasteiger partial charge is 0.497 e. The lowest BCUT2D eigenvalue weighted by atomic mass is 10.3. The minimum Gasteiger partial charge on any atom is -0.497 e. The zero-order valence-electron chi connectivity index (χ0n) is 11.6. The quantitative estimate of drug-likeness (QED) is 0.343. The fraction of sp³-hybridized carbons (Fsp3) is 0.462. The van der Waals surface area contributed by atoms with Crippen molar-refractivity contribution in [3.8, 4) is 11.5 Å². The molecule has 0 fully saturated rings. The first-order valence-corrected chi connectivity index (χ1v) is 6.01. The monoisotopic (exact) mass is 379 g/mol. The molecule has 5 nitrogen and oxygen atoms in total. The van der Waals surface area contributed by atoms with Gasteiger partial charge in [-0.15, -0.1) is 24.0 Å². The Balaban J connectivity index is 0.00000324. The van der Waals surface area contributed by atoms with Gasteiger partial charge in [-0.3, -0.25) is 4.99 Å². The van der Waals surface area contributed by atoms with Crippen LogP contribution >= 0.6 is 24.0 Å². The summed E-state index contributed by atoms with van der Waals surface area (Å²) in [5.41, 5.74) is 0. The van der Waals surface area contributed by atoms with E-state index in [1.807, 2.05) is 31.2 Å². The van der Waals surface area contributed by atoms with Crippen molar-refractivity contribution in [3.63, 3.8) is 0 Å². The maximum absolute atomic E-state index is 5.58. The Bertz CT molecular complexity index is 369. The van der Waals surface area contributed by atoms with Crippen LogP contribution in [0.1, 0.15) is 6.92 Å². The number of ether oxygens (including phenoxy) is 2. The zero-order valence-corrected chi connectivity index (χ0v) is 13.9. The van der Waals surface area contributed by atoms with Gasteiger partial charge in [0.15, 0.2) is 5.96 Å². The number of nitrogens with zero attached hydrogens (tertiary/aromatic N) is 1. The number of nitrogens with one attached hydrogen (secondary N) is 2. The first-order valence-electron chi connectivity index (χ1n) is 6.01. The van der Waals surface area contributed by atoms with Gasteiger partial charge in [0, 0.05) is 13.6 Å². The van der Waals surface area contributed by atoms with Crippen LogP contribution in [-0.2, 0) is 0 Å². The Kier molecular flexibility index (Phi) is 10.1. The summed E-state index contributed by atoms with van der Waals surface area (Å²) in [5, 5.41) is 6.27. The standard InChI is InChI=1S/C13H21N3O2.HI/c1-4-15-13(14-2)16-9-10-18-12-7-5-11(17-3)6-8-12;/h5-8H,4,9-10H2,1-3H3,(H2,14,15,16);1H. The van der Waals surface area contributed by atoms with E-state index in [0.717, 1.165) is 24.0 Å². The van der Waals surface area contributed by atoms with Crippen molar-refractivity contribution in [3.05, 3.63) is 24.3 Å². The summed E-state index contributed by atoms with van der Waals surface area (Å²) in [4.78, 5) is 4.07. The lowest BCUT2D eigenvalue weighted by Gasteiger charge is -2.11. The molecule has 6 heteroatoms. The van der Waals surface area contributed by atoms with E-state index in [1.54, 1.807) is 14.2 Å². The van der Waals surface area contributed by atoms with Gasteiger partial charge in [-0.2, -0.15) is 0 Å². The molecular formula is C13H22IN3O2. The van der Waals surface area contributed by atoms with Crippen LogP contribution in [0.25, 0.3) is 0 Å². The first kappa shape index (κ1) is 17.8. The summed E-state index contributed by atoms with van der Waals surface area (Å²) >= 11 is 0. The minimum absolute atomic E-state index is 0. The van der Waals surface area contributed by atoms with E-state index < -0.39 is 0 Å². The highest BCUT2D eigenvalue weighted by atomic mass is 127. The van der Waals surface area contributed by atoms with Crippen molar-refractivity contribution < 1.29 is 9.47 Å². The van der Waals surface area contributed by atoms with Crippen LogP contribution in [0.4, 0.5) is 0 Å². The van der Waals surface area contributed by atoms with E-state index >= 15 is 0 Å². The van der Waals surface area contributed by atoms with E-state index in [-0.39, 0.29) is 24.0 Å². The molecule has 0 bridgehead atoms. The van der Waals surface area contributed by atoms with Gasteiger partial charge >= 0.3 is 0 Å². The van der Waals surface area contributed by atoms with Gasteiger partial charge in [-0.05, 0) is 31.2 Å². The van der Waals surface area contributed by atoms with Gasteiger partial charge in [-0.1, -0.05) is 0 Å². The average molecular weight is 379 g/mol. The van der Waals surface area contributed by atoms with Crippen molar-refractivity contribution in [1.29, 1.82) is 0 Å². The number of halogens is 1. The second-order valence-electron chi connectivity index (χ2n) is 3.55. The smallest absolute Gasteiger partial charge is 0.191 e. The first-order chi connectivity index (χ1) is 8.80. The van der Waals surface area contributed by atoms with Crippen LogP contribution in [0, 0.1) is 0 Å².